The molecule has 0 aliphatic heterocycles. The Labute approximate surface area is 101 Å². The van der Waals surface area contributed by atoms with Crippen molar-refractivity contribution in [3.63, 3.8) is 0 Å². The van der Waals surface area contributed by atoms with E-state index in [-0.39, 0.29) is 11.9 Å². The molecule has 3 heteroatoms. The van der Waals surface area contributed by atoms with Crippen molar-refractivity contribution in [3.05, 3.63) is 35.9 Å². The SMILES string of the molecule is O=C(OCc1ccccc1)C1CCCC[C@H]1O. The van der Waals surface area contributed by atoms with Crippen LogP contribution < -0.4 is 0 Å². The minimum Gasteiger partial charge on any atom is -0.461 e. The molecule has 0 amide bonds. The van der Waals surface area contributed by atoms with E-state index in [4.69, 9.17) is 4.74 Å². The molecular weight excluding hydrogens is 216 g/mol. The predicted octanol–water partition coefficient (Wildman–Crippen LogP) is 2.28. The second-order valence-electron chi connectivity index (χ2n) is 4.55. The lowest BCUT2D eigenvalue weighted by Gasteiger charge is -2.25. The van der Waals surface area contributed by atoms with Crippen LogP contribution in [0.2, 0.25) is 0 Å². The number of hydrogen-bond acceptors (Lipinski definition) is 3. The summed E-state index contributed by atoms with van der Waals surface area (Å²) in [5.74, 6) is -0.589. The Kier molecular flexibility index (Phi) is 4.15. The van der Waals surface area contributed by atoms with Gasteiger partial charge in [0, 0.05) is 0 Å². The molecule has 1 unspecified atom stereocenters. The Morgan fingerprint density at radius 1 is 1.24 bits per heavy atom. The molecule has 0 radical (unpaired) electrons. The zero-order valence-electron chi connectivity index (χ0n) is 9.84. The van der Waals surface area contributed by atoms with Crippen LogP contribution in [0.1, 0.15) is 31.2 Å². The van der Waals surface area contributed by atoms with Gasteiger partial charge < -0.3 is 9.84 Å². The first-order valence-electron chi connectivity index (χ1n) is 6.16. The van der Waals surface area contributed by atoms with E-state index in [0.29, 0.717) is 13.0 Å². The summed E-state index contributed by atoms with van der Waals surface area (Å²) in [5, 5.41) is 9.74. The zero-order valence-corrected chi connectivity index (χ0v) is 9.84. The first-order chi connectivity index (χ1) is 8.27. The van der Waals surface area contributed by atoms with Gasteiger partial charge in [0.2, 0.25) is 0 Å². The fourth-order valence-corrected chi connectivity index (χ4v) is 2.22. The number of carbonyl (C=O) groups excluding carboxylic acids is 1. The fraction of sp³-hybridized carbons (Fsp3) is 0.500. The van der Waals surface area contributed by atoms with Crippen molar-refractivity contribution in [1.82, 2.24) is 0 Å². The molecule has 92 valence electrons. The van der Waals surface area contributed by atoms with E-state index in [1.165, 1.54) is 0 Å². The van der Waals surface area contributed by atoms with Gasteiger partial charge in [-0.05, 0) is 18.4 Å². The number of benzene rings is 1. The van der Waals surface area contributed by atoms with Gasteiger partial charge in [0.15, 0.2) is 0 Å². The molecule has 1 N–H and O–H groups in total. The van der Waals surface area contributed by atoms with Gasteiger partial charge in [0.1, 0.15) is 6.61 Å². The number of carbonyl (C=O) groups is 1. The largest absolute Gasteiger partial charge is 0.461 e. The van der Waals surface area contributed by atoms with E-state index in [1.807, 2.05) is 30.3 Å². The topological polar surface area (TPSA) is 46.5 Å². The molecule has 0 spiro atoms. The molecule has 17 heavy (non-hydrogen) atoms. The van der Waals surface area contributed by atoms with Crippen molar-refractivity contribution in [2.75, 3.05) is 0 Å². The predicted molar refractivity (Wildman–Crippen MR) is 64.2 cm³/mol. The second-order valence-corrected chi connectivity index (χ2v) is 4.55. The number of aliphatic hydroxyl groups excluding tert-OH is 1. The summed E-state index contributed by atoms with van der Waals surface area (Å²) in [6.07, 6.45) is 2.94. The number of esters is 1. The minimum absolute atomic E-state index is 0.263. The van der Waals surface area contributed by atoms with Gasteiger partial charge in [-0.25, -0.2) is 0 Å². The van der Waals surface area contributed by atoms with Crippen molar-refractivity contribution < 1.29 is 14.6 Å². The second kappa shape index (κ2) is 5.82. The van der Waals surface area contributed by atoms with Gasteiger partial charge in [0.25, 0.3) is 0 Å². The highest BCUT2D eigenvalue weighted by atomic mass is 16.5. The molecule has 0 aromatic heterocycles. The third-order valence-electron chi connectivity index (χ3n) is 3.26. The van der Waals surface area contributed by atoms with Crippen LogP contribution in [0, 0.1) is 5.92 Å². The highest BCUT2D eigenvalue weighted by Crippen LogP contribution is 2.25. The first kappa shape index (κ1) is 12.1. The average Bonchev–Trinajstić information content (AvgIpc) is 2.38. The molecule has 0 heterocycles. The van der Waals surface area contributed by atoms with E-state index in [2.05, 4.69) is 0 Å². The van der Waals surface area contributed by atoms with E-state index in [0.717, 1.165) is 24.8 Å². The van der Waals surface area contributed by atoms with Gasteiger partial charge in [-0.1, -0.05) is 43.2 Å². The summed E-state index contributed by atoms with van der Waals surface area (Å²) < 4.78 is 5.24. The van der Waals surface area contributed by atoms with Gasteiger partial charge in [-0.3, -0.25) is 4.79 Å². The fourth-order valence-electron chi connectivity index (χ4n) is 2.22. The maximum absolute atomic E-state index is 11.8. The molecule has 1 aliphatic carbocycles. The third kappa shape index (κ3) is 3.30. The summed E-state index contributed by atoms with van der Waals surface area (Å²) in [6, 6.07) is 9.60. The summed E-state index contributed by atoms with van der Waals surface area (Å²) in [5.41, 5.74) is 0.978. The van der Waals surface area contributed by atoms with E-state index >= 15 is 0 Å². The molecule has 2 atom stereocenters. The van der Waals surface area contributed by atoms with Crippen molar-refractivity contribution in [1.29, 1.82) is 0 Å². The monoisotopic (exact) mass is 234 g/mol. The normalized spacial score (nSPS) is 24.3. The zero-order chi connectivity index (χ0) is 12.1. The lowest BCUT2D eigenvalue weighted by atomic mass is 9.87. The molecule has 1 fully saturated rings. The quantitative estimate of drug-likeness (QED) is 0.816. The summed E-state index contributed by atoms with van der Waals surface area (Å²) >= 11 is 0. The lowest BCUT2D eigenvalue weighted by Crippen LogP contribution is -2.32. The van der Waals surface area contributed by atoms with Crippen LogP contribution in [0.15, 0.2) is 30.3 Å². The van der Waals surface area contributed by atoms with Gasteiger partial charge in [-0.15, -0.1) is 0 Å². The van der Waals surface area contributed by atoms with Crippen LogP contribution >= 0.6 is 0 Å². The Bertz CT molecular complexity index is 361. The van der Waals surface area contributed by atoms with Crippen molar-refractivity contribution in [2.24, 2.45) is 5.92 Å². The summed E-state index contributed by atoms with van der Waals surface area (Å²) in [7, 11) is 0. The van der Waals surface area contributed by atoms with Gasteiger partial charge in [-0.2, -0.15) is 0 Å². The van der Waals surface area contributed by atoms with E-state index in [1.54, 1.807) is 0 Å². The molecule has 2 rings (SSSR count). The summed E-state index contributed by atoms with van der Waals surface area (Å²) in [6.45, 7) is 0.295. The molecule has 0 saturated heterocycles. The van der Waals surface area contributed by atoms with Crippen LogP contribution in [0.25, 0.3) is 0 Å². The van der Waals surface area contributed by atoms with Crippen LogP contribution in [0.3, 0.4) is 0 Å². The molecule has 1 saturated carbocycles. The van der Waals surface area contributed by atoms with Crippen molar-refractivity contribution in [2.45, 2.75) is 38.4 Å². The maximum atomic E-state index is 11.8. The summed E-state index contributed by atoms with van der Waals surface area (Å²) in [4.78, 5) is 11.8. The van der Waals surface area contributed by atoms with Gasteiger partial charge in [0.05, 0.1) is 12.0 Å². The Morgan fingerprint density at radius 2 is 1.94 bits per heavy atom. The number of hydrogen-bond donors (Lipinski definition) is 1. The van der Waals surface area contributed by atoms with Crippen LogP contribution in [0.5, 0.6) is 0 Å². The van der Waals surface area contributed by atoms with E-state index < -0.39 is 6.10 Å². The highest BCUT2D eigenvalue weighted by molar-refractivity contribution is 5.73. The van der Waals surface area contributed by atoms with Crippen molar-refractivity contribution >= 4 is 5.97 Å². The molecule has 1 aromatic carbocycles. The Balaban J connectivity index is 1.84. The molecule has 3 nitrogen and oxygen atoms in total. The Morgan fingerprint density at radius 3 is 2.65 bits per heavy atom. The minimum atomic E-state index is -0.521. The maximum Gasteiger partial charge on any atom is 0.311 e. The number of rotatable bonds is 3. The molecule has 0 bridgehead atoms. The van der Waals surface area contributed by atoms with Crippen molar-refractivity contribution in [3.8, 4) is 0 Å². The smallest absolute Gasteiger partial charge is 0.311 e. The van der Waals surface area contributed by atoms with Crippen LogP contribution in [0.4, 0.5) is 0 Å². The van der Waals surface area contributed by atoms with Crippen LogP contribution in [-0.2, 0) is 16.1 Å². The highest BCUT2D eigenvalue weighted by Gasteiger charge is 2.30. The first-order valence-corrected chi connectivity index (χ1v) is 6.16. The third-order valence-corrected chi connectivity index (χ3v) is 3.26. The number of aliphatic hydroxyl groups is 1. The lowest BCUT2D eigenvalue weighted by molar-refractivity contribution is -0.155. The molecule has 1 aromatic rings. The van der Waals surface area contributed by atoms with E-state index in [9.17, 15) is 9.90 Å². The number of ether oxygens (including phenoxy) is 1. The average molecular weight is 234 g/mol. The van der Waals surface area contributed by atoms with Crippen LogP contribution in [-0.4, -0.2) is 17.2 Å². The van der Waals surface area contributed by atoms with Gasteiger partial charge >= 0.3 is 5.97 Å². The molecule has 1 aliphatic rings. The molecular formula is C14H18O3. The standard InChI is InChI=1S/C14H18O3/c15-13-9-5-4-8-12(13)14(16)17-10-11-6-2-1-3-7-11/h1-3,6-7,12-13,15H,4-5,8-10H2/t12?,13-/m1/s1. The Hall–Kier alpha value is -1.35.